The number of hydrogen-bond acceptors (Lipinski definition) is 3. The molecule has 1 atom stereocenters. The van der Waals surface area contributed by atoms with E-state index in [9.17, 15) is 8.42 Å². The molecular formula is C14H28N2O3S. The lowest BCUT2D eigenvalue weighted by Gasteiger charge is -2.23. The standard InChI is InChI=1S/C14H28N2O3S/c1-19-12-14-9-5-11-16(14)20(17,18)15-10-4-8-13-6-2-3-7-13/h13-15H,2-12H2,1H3. The van der Waals surface area contributed by atoms with E-state index in [0.717, 1.165) is 31.6 Å². The number of methoxy groups -OCH3 is 1. The fourth-order valence-electron chi connectivity index (χ4n) is 3.46. The topological polar surface area (TPSA) is 58.6 Å². The molecule has 1 aliphatic carbocycles. The quantitative estimate of drug-likeness (QED) is 0.697. The van der Waals surface area contributed by atoms with Crippen LogP contribution in [-0.2, 0) is 14.9 Å². The van der Waals surface area contributed by atoms with Crippen molar-refractivity contribution < 1.29 is 13.2 Å². The van der Waals surface area contributed by atoms with E-state index in [4.69, 9.17) is 4.74 Å². The van der Waals surface area contributed by atoms with Crippen molar-refractivity contribution in [3.63, 3.8) is 0 Å². The summed E-state index contributed by atoms with van der Waals surface area (Å²) in [6.07, 6.45) is 9.29. The highest BCUT2D eigenvalue weighted by molar-refractivity contribution is 7.87. The second kappa shape index (κ2) is 7.73. The molecule has 2 aliphatic rings. The van der Waals surface area contributed by atoms with Gasteiger partial charge < -0.3 is 4.74 Å². The number of nitrogens with one attached hydrogen (secondary N) is 1. The second-order valence-electron chi connectivity index (χ2n) is 6.05. The van der Waals surface area contributed by atoms with Gasteiger partial charge in [-0.2, -0.15) is 12.7 Å². The van der Waals surface area contributed by atoms with Gasteiger partial charge in [-0.25, -0.2) is 4.72 Å². The third-order valence-electron chi connectivity index (χ3n) is 4.54. The van der Waals surface area contributed by atoms with Crippen molar-refractivity contribution in [3.05, 3.63) is 0 Å². The van der Waals surface area contributed by atoms with Crippen LogP contribution in [0.3, 0.4) is 0 Å². The van der Waals surface area contributed by atoms with Crippen molar-refractivity contribution in [2.24, 2.45) is 5.92 Å². The first-order chi connectivity index (χ1) is 9.63. The molecule has 1 heterocycles. The first-order valence-corrected chi connectivity index (χ1v) is 9.33. The normalized spacial score (nSPS) is 25.6. The molecule has 2 fully saturated rings. The molecule has 0 spiro atoms. The van der Waals surface area contributed by atoms with Crippen LogP contribution in [0.25, 0.3) is 0 Å². The molecule has 6 heteroatoms. The molecule has 1 saturated heterocycles. The smallest absolute Gasteiger partial charge is 0.279 e. The largest absolute Gasteiger partial charge is 0.383 e. The van der Waals surface area contributed by atoms with Gasteiger partial charge in [0.2, 0.25) is 0 Å². The van der Waals surface area contributed by atoms with E-state index in [1.807, 2.05) is 0 Å². The van der Waals surface area contributed by atoms with Gasteiger partial charge in [-0.05, 0) is 31.6 Å². The molecule has 118 valence electrons. The summed E-state index contributed by atoms with van der Waals surface area (Å²) in [5.41, 5.74) is 0. The summed E-state index contributed by atoms with van der Waals surface area (Å²) in [6, 6.07) is 0.00679. The summed E-state index contributed by atoms with van der Waals surface area (Å²) in [5, 5.41) is 0. The molecule has 2 rings (SSSR count). The average Bonchev–Trinajstić information content (AvgIpc) is 3.06. The lowest BCUT2D eigenvalue weighted by molar-refractivity contribution is 0.148. The fraction of sp³-hybridized carbons (Fsp3) is 1.00. The number of nitrogens with zero attached hydrogens (tertiary/aromatic N) is 1. The molecule has 5 nitrogen and oxygen atoms in total. The summed E-state index contributed by atoms with van der Waals surface area (Å²) >= 11 is 0. The molecule has 0 amide bonds. The van der Waals surface area contributed by atoms with Crippen molar-refractivity contribution in [2.45, 2.75) is 57.4 Å². The Morgan fingerprint density at radius 1 is 1.20 bits per heavy atom. The molecule has 0 aromatic carbocycles. The third kappa shape index (κ3) is 4.41. The Balaban J connectivity index is 1.72. The van der Waals surface area contributed by atoms with Gasteiger partial charge in [0, 0.05) is 26.2 Å². The van der Waals surface area contributed by atoms with Crippen LogP contribution in [0.15, 0.2) is 0 Å². The van der Waals surface area contributed by atoms with Crippen molar-refractivity contribution in [1.29, 1.82) is 0 Å². The van der Waals surface area contributed by atoms with E-state index in [1.54, 1.807) is 11.4 Å². The van der Waals surface area contributed by atoms with Crippen molar-refractivity contribution in [3.8, 4) is 0 Å². The van der Waals surface area contributed by atoms with Gasteiger partial charge in [0.1, 0.15) is 0 Å². The monoisotopic (exact) mass is 304 g/mol. The Kier molecular flexibility index (Phi) is 6.26. The van der Waals surface area contributed by atoms with E-state index in [0.29, 0.717) is 19.7 Å². The molecular weight excluding hydrogens is 276 g/mol. The predicted octanol–water partition coefficient (Wildman–Crippen LogP) is 1.90. The van der Waals surface area contributed by atoms with Gasteiger partial charge in [0.05, 0.1) is 6.61 Å². The summed E-state index contributed by atoms with van der Waals surface area (Å²) in [5.74, 6) is 0.826. The summed E-state index contributed by atoms with van der Waals surface area (Å²) in [6.45, 7) is 1.67. The van der Waals surface area contributed by atoms with Crippen LogP contribution in [0, 0.1) is 5.92 Å². The van der Waals surface area contributed by atoms with Gasteiger partial charge in [-0.3, -0.25) is 0 Å². The zero-order chi connectivity index (χ0) is 14.4. The summed E-state index contributed by atoms with van der Waals surface area (Å²) in [4.78, 5) is 0. The van der Waals surface area contributed by atoms with E-state index < -0.39 is 10.2 Å². The van der Waals surface area contributed by atoms with Crippen molar-refractivity contribution in [2.75, 3.05) is 26.8 Å². The molecule has 0 aromatic rings. The van der Waals surface area contributed by atoms with Gasteiger partial charge in [-0.1, -0.05) is 25.7 Å². The first kappa shape index (κ1) is 16.2. The SMILES string of the molecule is COCC1CCCN1S(=O)(=O)NCCCC1CCCC1. The number of rotatable bonds is 8. The first-order valence-electron chi connectivity index (χ1n) is 7.89. The Morgan fingerprint density at radius 2 is 1.95 bits per heavy atom. The van der Waals surface area contributed by atoms with Gasteiger partial charge >= 0.3 is 0 Å². The van der Waals surface area contributed by atoms with Crippen LogP contribution in [0.2, 0.25) is 0 Å². The molecule has 1 unspecified atom stereocenters. The minimum atomic E-state index is -3.32. The molecule has 0 aromatic heterocycles. The second-order valence-corrected chi connectivity index (χ2v) is 7.76. The van der Waals surface area contributed by atoms with Crippen molar-refractivity contribution >= 4 is 10.2 Å². The Bertz CT molecular complexity index is 380. The lowest BCUT2D eigenvalue weighted by atomic mass is 10.0. The number of ether oxygens (including phenoxy) is 1. The average molecular weight is 304 g/mol. The van der Waals surface area contributed by atoms with E-state index in [1.165, 1.54) is 25.7 Å². The maximum atomic E-state index is 12.3. The van der Waals surface area contributed by atoms with Gasteiger partial charge in [0.25, 0.3) is 10.2 Å². The minimum Gasteiger partial charge on any atom is -0.383 e. The van der Waals surface area contributed by atoms with Crippen LogP contribution < -0.4 is 4.72 Å². The summed E-state index contributed by atoms with van der Waals surface area (Å²) < 4.78 is 34.0. The molecule has 1 N–H and O–H groups in total. The zero-order valence-corrected chi connectivity index (χ0v) is 13.3. The Hall–Kier alpha value is -0.170. The maximum Gasteiger partial charge on any atom is 0.279 e. The van der Waals surface area contributed by atoms with Crippen molar-refractivity contribution in [1.82, 2.24) is 9.03 Å². The molecule has 1 saturated carbocycles. The highest BCUT2D eigenvalue weighted by Crippen LogP contribution is 2.28. The van der Waals surface area contributed by atoms with E-state index >= 15 is 0 Å². The van der Waals surface area contributed by atoms with Crippen LogP contribution in [-0.4, -0.2) is 45.6 Å². The number of hydrogen-bond donors (Lipinski definition) is 1. The van der Waals surface area contributed by atoms with Crippen LogP contribution >= 0.6 is 0 Å². The Labute approximate surface area is 123 Å². The van der Waals surface area contributed by atoms with Gasteiger partial charge in [-0.15, -0.1) is 0 Å². The van der Waals surface area contributed by atoms with Crippen LogP contribution in [0.1, 0.15) is 51.4 Å². The zero-order valence-electron chi connectivity index (χ0n) is 12.5. The molecule has 1 aliphatic heterocycles. The minimum absolute atomic E-state index is 0.00679. The highest BCUT2D eigenvalue weighted by atomic mass is 32.2. The van der Waals surface area contributed by atoms with Crippen LogP contribution in [0.5, 0.6) is 0 Å². The summed E-state index contributed by atoms with van der Waals surface area (Å²) in [7, 11) is -1.70. The van der Waals surface area contributed by atoms with Crippen LogP contribution in [0.4, 0.5) is 0 Å². The Morgan fingerprint density at radius 3 is 2.65 bits per heavy atom. The maximum absolute atomic E-state index is 12.3. The molecule has 20 heavy (non-hydrogen) atoms. The molecule has 0 radical (unpaired) electrons. The lowest BCUT2D eigenvalue weighted by Crippen LogP contribution is -2.45. The van der Waals surface area contributed by atoms with E-state index in [-0.39, 0.29) is 6.04 Å². The molecule has 0 bridgehead atoms. The van der Waals surface area contributed by atoms with Gasteiger partial charge in [0.15, 0.2) is 0 Å². The predicted molar refractivity (Wildman–Crippen MR) is 79.7 cm³/mol. The third-order valence-corrected chi connectivity index (χ3v) is 6.21. The highest BCUT2D eigenvalue weighted by Gasteiger charge is 2.33. The fourth-order valence-corrected chi connectivity index (χ4v) is 4.95. The van der Waals surface area contributed by atoms with E-state index in [2.05, 4.69) is 4.72 Å².